The summed E-state index contributed by atoms with van der Waals surface area (Å²) in [6.45, 7) is 4.82. The van der Waals surface area contributed by atoms with Crippen molar-refractivity contribution < 1.29 is 4.79 Å². The Hall–Kier alpha value is -0.570. The Morgan fingerprint density at radius 2 is 2.21 bits per heavy atom. The smallest absolute Gasteiger partial charge is 0.223 e. The molecule has 1 rings (SSSR count). The number of rotatable bonds is 6. The first-order chi connectivity index (χ1) is 6.65. The van der Waals surface area contributed by atoms with E-state index in [9.17, 15) is 4.79 Å². The molecule has 2 atom stereocenters. The SMILES string of the molecule is CCC(N)CCNC(=O)C(C)C1CC1. The molecule has 3 heteroatoms. The summed E-state index contributed by atoms with van der Waals surface area (Å²) in [4.78, 5) is 11.5. The van der Waals surface area contributed by atoms with Crippen molar-refractivity contribution in [2.45, 2.75) is 45.6 Å². The Labute approximate surface area is 86.4 Å². The first-order valence-electron chi connectivity index (χ1n) is 5.68. The standard InChI is InChI=1S/C11H22N2O/c1-3-10(12)6-7-13-11(14)8(2)9-4-5-9/h8-10H,3-7,12H2,1-2H3,(H,13,14). The van der Waals surface area contributed by atoms with Gasteiger partial charge in [0.2, 0.25) is 5.91 Å². The molecule has 2 unspecified atom stereocenters. The van der Waals surface area contributed by atoms with E-state index in [0.717, 1.165) is 19.4 Å². The van der Waals surface area contributed by atoms with E-state index in [4.69, 9.17) is 5.73 Å². The molecule has 0 radical (unpaired) electrons. The van der Waals surface area contributed by atoms with Crippen molar-refractivity contribution in [1.82, 2.24) is 5.32 Å². The van der Waals surface area contributed by atoms with Crippen LogP contribution in [0.15, 0.2) is 0 Å². The van der Waals surface area contributed by atoms with Gasteiger partial charge in [-0.2, -0.15) is 0 Å². The molecule has 0 saturated heterocycles. The minimum atomic E-state index is 0.202. The molecular formula is C11H22N2O. The number of carbonyl (C=O) groups is 1. The zero-order valence-electron chi connectivity index (χ0n) is 9.25. The van der Waals surface area contributed by atoms with Crippen molar-refractivity contribution in [2.24, 2.45) is 17.6 Å². The molecule has 0 aromatic heterocycles. The molecule has 0 aromatic rings. The molecule has 0 aromatic carbocycles. The number of nitrogens with one attached hydrogen (secondary N) is 1. The number of nitrogens with two attached hydrogens (primary N) is 1. The quantitative estimate of drug-likeness (QED) is 0.675. The maximum absolute atomic E-state index is 11.5. The van der Waals surface area contributed by atoms with Crippen LogP contribution in [-0.4, -0.2) is 18.5 Å². The molecule has 1 aliphatic carbocycles. The summed E-state index contributed by atoms with van der Waals surface area (Å²) in [6.07, 6.45) is 4.32. The fourth-order valence-electron chi connectivity index (χ4n) is 1.56. The van der Waals surface area contributed by atoms with E-state index >= 15 is 0 Å². The second-order valence-corrected chi connectivity index (χ2v) is 4.37. The normalized spacial score (nSPS) is 20.2. The van der Waals surface area contributed by atoms with E-state index < -0.39 is 0 Å². The Morgan fingerprint density at radius 1 is 1.57 bits per heavy atom. The second kappa shape index (κ2) is 5.35. The lowest BCUT2D eigenvalue weighted by molar-refractivity contribution is -0.125. The molecule has 1 amide bonds. The molecule has 0 aliphatic heterocycles. The molecular weight excluding hydrogens is 176 g/mol. The summed E-state index contributed by atoms with van der Waals surface area (Å²) in [6, 6.07) is 0.228. The van der Waals surface area contributed by atoms with Gasteiger partial charge in [-0.3, -0.25) is 4.79 Å². The van der Waals surface area contributed by atoms with Crippen molar-refractivity contribution in [2.75, 3.05) is 6.54 Å². The highest BCUT2D eigenvalue weighted by Crippen LogP contribution is 2.36. The monoisotopic (exact) mass is 198 g/mol. The molecule has 1 saturated carbocycles. The third-order valence-electron chi connectivity index (χ3n) is 3.08. The number of hydrogen-bond acceptors (Lipinski definition) is 2. The van der Waals surface area contributed by atoms with Crippen LogP contribution in [0.3, 0.4) is 0 Å². The average molecular weight is 198 g/mol. The summed E-state index contributed by atoms with van der Waals surface area (Å²) in [5.74, 6) is 1.05. The predicted octanol–water partition coefficient (Wildman–Crippen LogP) is 1.28. The van der Waals surface area contributed by atoms with Crippen molar-refractivity contribution in [3.63, 3.8) is 0 Å². The number of amides is 1. The number of carbonyl (C=O) groups excluding carboxylic acids is 1. The minimum absolute atomic E-state index is 0.202. The molecule has 3 nitrogen and oxygen atoms in total. The second-order valence-electron chi connectivity index (χ2n) is 4.37. The summed E-state index contributed by atoms with van der Waals surface area (Å²) in [5, 5.41) is 2.95. The van der Waals surface area contributed by atoms with Crippen molar-refractivity contribution >= 4 is 5.91 Å². The third kappa shape index (κ3) is 3.66. The largest absolute Gasteiger partial charge is 0.356 e. The lowest BCUT2D eigenvalue weighted by Gasteiger charge is -2.13. The van der Waals surface area contributed by atoms with Gasteiger partial charge in [0.1, 0.15) is 0 Å². The average Bonchev–Trinajstić information content (AvgIpc) is 2.99. The van der Waals surface area contributed by atoms with Gasteiger partial charge in [0.15, 0.2) is 0 Å². The molecule has 0 heterocycles. The highest BCUT2D eigenvalue weighted by Gasteiger charge is 2.32. The van der Waals surface area contributed by atoms with Gasteiger partial charge in [-0.05, 0) is 31.6 Å². The van der Waals surface area contributed by atoms with Gasteiger partial charge in [-0.25, -0.2) is 0 Å². The van der Waals surface area contributed by atoms with E-state index in [1.807, 2.05) is 6.92 Å². The highest BCUT2D eigenvalue weighted by atomic mass is 16.1. The Kier molecular flexibility index (Phi) is 4.39. The number of hydrogen-bond donors (Lipinski definition) is 2. The Balaban J connectivity index is 2.08. The first kappa shape index (κ1) is 11.5. The molecule has 0 bridgehead atoms. The van der Waals surface area contributed by atoms with Gasteiger partial charge < -0.3 is 11.1 Å². The lowest BCUT2D eigenvalue weighted by Crippen LogP contribution is -2.34. The summed E-state index contributed by atoms with van der Waals surface area (Å²) >= 11 is 0. The molecule has 1 aliphatic rings. The van der Waals surface area contributed by atoms with Gasteiger partial charge >= 0.3 is 0 Å². The van der Waals surface area contributed by atoms with Gasteiger partial charge in [0.05, 0.1) is 0 Å². The molecule has 1 fully saturated rings. The Bertz CT molecular complexity index is 190. The third-order valence-corrected chi connectivity index (χ3v) is 3.08. The van der Waals surface area contributed by atoms with Crippen LogP contribution in [0.2, 0.25) is 0 Å². The topological polar surface area (TPSA) is 55.1 Å². The van der Waals surface area contributed by atoms with Crippen LogP contribution in [-0.2, 0) is 4.79 Å². The fraction of sp³-hybridized carbons (Fsp3) is 0.909. The van der Waals surface area contributed by atoms with Crippen LogP contribution in [0.5, 0.6) is 0 Å². The van der Waals surface area contributed by atoms with Crippen molar-refractivity contribution in [3.05, 3.63) is 0 Å². The van der Waals surface area contributed by atoms with E-state index in [1.165, 1.54) is 12.8 Å². The van der Waals surface area contributed by atoms with Crippen LogP contribution in [0, 0.1) is 11.8 Å². The molecule has 82 valence electrons. The predicted molar refractivity (Wildman–Crippen MR) is 57.8 cm³/mol. The van der Waals surface area contributed by atoms with Crippen molar-refractivity contribution in [1.29, 1.82) is 0 Å². The summed E-state index contributed by atoms with van der Waals surface area (Å²) < 4.78 is 0. The zero-order valence-corrected chi connectivity index (χ0v) is 9.25. The minimum Gasteiger partial charge on any atom is -0.356 e. The maximum Gasteiger partial charge on any atom is 0.223 e. The van der Waals surface area contributed by atoms with Gasteiger partial charge in [-0.15, -0.1) is 0 Å². The highest BCUT2D eigenvalue weighted by molar-refractivity contribution is 5.78. The molecule has 3 N–H and O–H groups in total. The maximum atomic E-state index is 11.5. The molecule has 0 spiro atoms. The van der Waals surface area contributed by atoms with Gasteiger partial charge in [0.25, 0.3) is 0 Å². The van der Waals surface area contributed by atoms with E-state index in [1.54, 1.807) is 0 Å². The lowest BCUT2D eigenvalue weighted by atomic mass is 10.1. The zero-order chi connectivity index (χ0) is 10.6. The van der Waals surface area contributed by atoms with E-state index in [2.05, 4.69) is 12.2 Å². The van der Waals surface area contributed by atoms with Gasteiger partial charge in [-0.1, -0.05) is 13.8 Å². The summed E-state index contributed by atoms with van der Waals surface area (Å²) in [5.41, 5.74) is 5.76. The Morgan fingerprint density at radius 3 is 2.71 bits per heavy atom. The van der Waals surface area contributed by atoms with E-state index in [-0.39, 0.29) is 17.9 Å². The first-order valence-corrected chi connectivity index (χ1v) is 5.68. The van der Waals surface area contributed by atoms with Crippen LogP contribution in [0.4, 0.5) is 0 Å². The van der Waals surface area contributed by atoms with Crippen LogP contribution < -0.4 is 11.1 Å². The molecule has 14 heavy (non-hydrogen) atoms. The van der Waals surface area contributed by atoms with Crippen LogP contribution in [0.1, 0.15) is 39.5 Å². The van der Waals surface area contributed by atoms with E-state index in [0.29, 0.717) is 5.92 Å². The fourth-order valence-corrected chi connectivity index (χ4v) is 1.56. The van der Waals surface area contributed by atoms with Gasteiger partial charge in [0, 0.05) is 18.5 Å². The van der Waals surface area contributed by atoms with Crippen LogP contribution >= 0.6 is 0 Å². The van der Waals surface area contributed by atoms with Crippen LogP contribution in [0.25, 0.3) is 0 Å². The summed E-state index contributed by atoms with van der Waals surface area (Å²) in [7, 11) is 0. The van der Waals surface area contributed by atoms with Crippen molar-refractivity contribution in [3.8, 4) is 0 Å².